The summed E-state index contributed by atoms with van der Waals surface area (Å²) in [6.07, 6.45) is -0.0158. The van der Waals surface area contributed by atoms with E-state index in [0.29, 0.717) is 52.1 Å². The lowest BCUT2D eigenvalue weighted by Crippen LogP contribution is -2.43. The molecule has 0 atom stereocenters. The number of fused-ring (bicyclic) bond motifs is 1. The van der Waals surface area contributed by atoms with E-state index in [2.05, 4.69) is 31.3 Å². The molecule has 2 heterocycles. The maximum absolute atomic E-state index is 16.2. The quantitative estimate of drug-likeness (QED) is 0.196. The Bertz CT molecular complexity index is 1640. The molecule has 0 radical (unpaired) electrons. The van der Waals surface area contributed by atoms with Crippen LogP contribution in [0.25, 0.3) is 22.5 Å². The number of alkyl halides is 2. The standard InChI is InChI=1S/C31H32F3N7O3/c1-18(2)16-41(20-9-11-31(33,34)12-10-20)26-15-24(32)23(21-5-3-4-6-22(21)29-37-39-40-38-29)14-25(26)36-30(42)35-19-7-8-27-28(13-19)44-17-43-27/h3-8,13-15,18,20H,9-12,16-17H2,1-2H3,(H2,35,36,42)(H,37,38,39,40). The van der Waals surface area contributed by atoms with Gasteiger partial charge in [-0.15, -0.1) is 5.10 Å². The summed E-state index contributed by atoms with van der Waals surface area (Å²) in [5, 5.41) is 19.7. The summed E-state index contributed by atoms with van der Waals surface area (Å²) < 4.78 is 55.2. The summed E-state index contributed by atoms with van der Waals surface area (Å²) in [5.41, 5.74) is 2.47. The van der Waals surface area contributed by atoms with Crippen LogP contribution in [-0.2, 0) is 0 Å². The van der Waals surface area contributed by atoms with Crippen LogP contribution in [0.15, 0.2) is 54.6 Å². The van der Waals surface area contributed by atoms with Gasteiger partial charge in [-0.1, -0.05) is 38.1 Å². The molecule has 2 aliphatic rings. The number of carbonyl (C=O) groups excluding carboxylic acids is 1. The van der Waals surface area contributed by atoms with Gasteiger partial charge in [0.05, 0.1) is 11.4 Å². The fourth-order valence-corrected chi connectivity index (χ4v) is 5.74. The number of halogens is 3. The average Bonchev–Trinajstić information content (AvgIpc) is 3.69. The Labute approximate surface area is 251 Å². The van der Waals surface area contributed by atoms with Gasteiger partial charge in [0.25, 0.3) is 0 Å². The topological polar surface area (TPSA) is 117 Å². The van der Waals surface area contributed by atoms with Crippen LogP contribution in [0.3, 0.4) is 0 Å². The number of ether oxygens (including phenoxy) is 2. The molecular weight excluding hydrogens is 575 g/mol. The predicted octanol–water partition coefficient (Wildman–Crippen LogP) is 7.09. The van der Waals surface area contributed by atoms with Gasteiger partial charge in [0.1, 0.15) is 5.82 Å². The third-order valence-corrected chi connectivity index (χ3v) is 7.78. The Kier molecular flexibility index (Phi) is 8.02. The van der Waals surface area contributed by atoms with Gasteiger partial charge < -0.3 is 25.0 Å². The fourth-order valence-electron chi connectivity index (χ4n) is 5.74. The molecule has 1 aromatic heterocycles. The van der Waals surface area contributed by atoms with Crippen LogP contribution >= 0.6 is 0 Å². The Hall–Kier alpha value is -4.81. The van der Waals surface area contributed by atoms with Gasteiger partial charge in [-0.3, -0.25) is 0 Å². The van der Waals surface area contributed by atoms with Crippen molar-refractivity contribution in [1.82, 2.24) is 20.6 Å². The summed E-state index contributed by atoms with van der Waals surface area (Å²) in [5.74, 6) is -1.71. The molecule has 3 N–H and O–H groups in total. The van der Waals surface area contributed by atoms with E-state index in [0.717, 1.165) is 0 Å². The summed E-state index contributed by atoms with van der Waals surface area (Å²) in [6, 6.07) is 14.2. The van der Waals surface area contributed by atoms with Crippen molar-refractivity contribution < 1.29 is 27.4 Å². The lowest BCUT2D eigenvalue weighted by Gasteiger charge is -2.40. The first-order valence-electron chi connectivity index (χ1n) is 14.5. The Balaban J connectivity index is 1.40. The van der Waals surface area contributed by atoms with Gasteiger partial charge in [-0.25, -0.2) is 23.1 Å². The molecule has 0 bridgehead atoms. The Morgan fingerprint density at radius 1 is 1.02 bits per heavy atom. The van der Waals surface area contributed by atoms with Gasteiger partial charge in [0.15, 0.2) is 17.3 Å². The summed E-state index contributed by atoms with van der Waals surface area (Å²) >= 11 is 0. The molecule has 1 aliphatic heterocycles. The highest BCUT2D eigenvalue weighted by molar-refractivity contribution is 6.03. The van der Waals surface area contributed by atoms with Crippen molar-refractivity contribution in [2.24, 2.45) is 5.92 Å². The highest BCUT2D eigenvalue weighted by Crippen LogP contribution is 2.42. The van der Waals surface area contributed by atoms with Crippen LogP contribution in [-0.4, -0.2) is 52.0 Å². The molecule has 0 unspecified atom stereocenters. The van der Waals surface area contributed by atoms with Gasteiger partial charge in [-0.05, 0) is 59.0 Å². The first kappa shape index (κ1) is 29.3. The summed E-state index contributed by atoms with van der Waals surface area (Å²) in [4.78, 5) is 15.3. The molecule has 1 fully saturated rings. The number of amides is 2. The van der Waals surface area contributed by atoms with Gasteiger partial charge in [0.2, 0.25) is 12.7 Å². The number of tetrazole rings is 1. The number of H-pyrrole nitrogens is 1. The highest BCUT2D eigenvalue weighted by atomic mass is 19.3. The Morgan fingerprint density at radius 3 is 2.50 bits per heavy atom. The minimum absolute atomic E-state index is 0.0943. The monoisotopic (exact) mass is 607 g/mol. The van der Waals surface area contributed by atoms with E-state index in [4.69, 9.17) is 9.47 Å². The number of anilines is 3. The minimum Gasteiger partial charge on any atom is -0.454 e. The van der Waals surface area contributed by atoms with E-state index >= 15 is 4.39 Å². The molecule has 230 valence electrons. The van der Waals surface area contributed by atoms with Crippen LogP contribution in [0.5, 0.6) is 11.5 Å². The first-order chi connectivity index (χ1) is 21.2. The molecular formula is C31H32F3N7O3. The molecule has 1 saturated carbocycles. The summed E-state index contributed by atoms with van der Waals surface area (Å²) in [7, 11) is 0. The van der Waals surface area contributed by atoms with Crippen molar-refractivity contribution in [1.29, 1.82) is 0 Å². The smallest absolute Gasteiger partial charge is 0.323 e. The molecule has 1 aliphatic carbocycles. The number of rotatable bonds is 8. The molecule has 6 rings (SSSR count). The second-order valence-corrected chi connectivity index (χ2v) is 11.4. The lowest BCUT2D eigenvalue weighted by molar-refractivity contribution is -0.0382. The first-order valence-corrected chi connectivity index (χ1v) is 14.5. The number of nitrogens with zero attached hydrogens (tertiary/aromatic N) is 4. The number of hydrogen-bond acceptors (Lipinski definition) is 7. The number of aromatic amines is 1. The van der Waals surface area contributed by atoms with E-state index in [1.165, 1.54) is 6.07 Å². The summed E-state index contributed by atoms with van der Waals surface area (Å²) in [6.45, 7) is 4.59. The second kappa shape index (κ2) is 12.1. The molecule has 3 aromatic carbocycles. The largest absolute Gasteiger partial charge is 0.454 e. The van der Waals surface area contributed by atoms with Gasteiger partial charge in [0, 0.05) is 48.3 Å². The second-order valence-electron chi connectivity index (χ2n) is 11.4. The molecule has 44 heavy (non-hydrogen) atoms. The number of aromatic nitrogens is 4. The van der Waals surface area contributed by atoms with Crippen molar-refractivity contribution in [3.63, 3.8) is 0 Å². The predicted molar refractivity (Wildman–Crippen MR) is 160 cm³/mol. The van der Waals surface area contributed by atoms with Crippen molar-refractivity contribution in [3.05, 3.63) is 60.4 Å². The third-order valence-electron chi connectivity index (χ3n) is 7.78. The van der Waals surface area contributed by atoms with Crippen LogP contribution in [0.2, 0.25) is 0 Å². The maximum atomic E-state index is 16.2. The minimum atomic E-state index is -2.72. The number of urea groups is 1. The van der Waals surface area contributed by atoms with Crippen molar-refractivity contribution >= 4 is 23.1 Å². The fraction of sp³-hybridized carbons (Fsp3) is 0.355. The van der Waals surface area contributed by atoms with Gasteiger partial charge >= 0.3 is 6.03 Å². The van der Waals surface area contributed by atoms with Crippen molar-refractivity contribution in [3.8, 4) is 34.0 Å². The number of carbonyl (C=O) groups is 1. The van der Waals surface area contributed by atoms with Crippen LogP contribution in [0.4, 0.5) is 35.0 Å². The van der Waals surface area contributed by atoms with Crippen molar-refractivity contribution in [2.75, 3.05) is 28.9 Å². The van der Waals surface area contributed by atoms with E-state index in [9.17, 15) is 13.6 Å². The lowest BCUT2D eigenvalue weighted by atomic mass is 9.89. The average molecular weight is 608 g/mol. The van der Waals surface area contributed by atoms with Crippen LogP contribution < -0.4 is 25.0 Å². The molecule has 4 aromatic rings. The molecule has 0 saturated heterocycles. The van der Waals surface area contributed by atoms with Gasteiger partial charge in [-0.2, -0.15) is 0 Å². The van der Waals surface area contributed by atoms with Crippen LogP contribution in [0.1, 0.15) is 39.5 Å². The Morgan fingerprint density at radius 2 is 1.77 bits per heavy atom. The van der Waals surface area contributed by atoms with E-state index in [-0.39, 0.29) is 50.0 Å². The SMILES string of the molecule is CC(C)CN(c1cc(F)c(-c2ccccc2-c2nnn[nH]2)cc1NC(=O)Nc1ccc2c(c1)OCO2)C1CCC(F)(F)CC1. The number of benzene rings is 3. The van der Waals surface area contributed by atoms with E-state index < -0.39 is 17.8 Å². The molecule has 10 nitrogen and oxygen atoms in total. The normalized spacial score (nSPS) is 15.8. The number of hydrogen-bond donors (Lipinski definition) is 3. The maximum Gasteiger partial charge on any atom is 0.323 e. The zero-order chi connectivity index (χ0) is 30.8. The van der Waals surface area contributed by atoms with Crippen molar-refractivity contribution in [2.45, 2.75) is 51.5 Å². The molecule has 0 spiro atoms. The highest BCUT2D eigenvalue weighted by Gasteiger charge is 2.38. The molecule has 2 amide bonds. The third kappa shape index (κ3) is 6.26. The number of nitrogens with one attached hydrogen (secondary N) is 3. The zero-order valence-corrected chi connectivity index (χ0v) is 24.2. The van der Waals surface area contributed by atoms with Crippen LogP contribution in [0, 0.1) is 11.7 Å². The zero-order valence-electron chi connectivity index (χ0n) is 24.2. The van der Waals surface area contributed by atoms with E-state index in [1.807, 2.05) is 18.7 Å². The van der Waals surface area contributed by atoms with E-state index in [1.54, 1.807) is 48.5 Å². The molecule has 13 heteroatoms.